The molecule has 9 nitrogen and oxygen atoms in total. The Morgan fingerprint density at radius 1 is 0.935 bits per heavy atom. The van der Waals surface area contributed by atoms with Gasteiger partial charge in [-0.3, -0.25) is 23.6 Å². The predicted molar refractivity (Wildman–Crippen MR) is 116 cm³/mol. The van der Waals surface area contributed by atoms with Gasteiger partial charge in [0.05, 0.1) is 22.0 Å². The number of sulfonamides is 1. The van der Waals surface area contributed by atoms with Crippen molar-refractivity contribution >= 4 is 26.6 Å². The average molecular weight is 438 g/mol. The Labute approximate surface area is 177 Å². The fourth-order valence-electron chi connectivity index (χ4n) is 3.09. The molecule has 158 valence electrons. The second-order valence-corrected chi connectivity index (χ2v) is 8.49. The van der Waals surface area contributed by atoms with Crippen LogP contribution in [0.4, 0.5) is 5.69 Å². The van der Waals surface area contributed by atoms with Crippen molar-refractivity contribution in [2.75, 3.05) is 4.72 Å². The van der Waals surface area contributed by atoms with Gasteiger partial charge in [0.15, 0.2) is 0 Å². The maximum Gasteiger partial charge on any atom is 0.330 e. The van der Waals surface area contributed by atoms with E-state index >= 15 is 0 Å². The minimum Gasteiger partial charge on any atom is -0.456 e. The zero-order valence-electron chi connectivity index (χ0n) is 16.6. The van der Waals surface area contributed by atoms with Crippen molar-refractivity contribution in [3.05, 3.63) is 87.8 Å². The first-order chi connectivity index (χ1) is 14.8. The molecule has 0 aliphatic carbocycles. The maximum absolute atomic E-state index is 12.8. The third-order valence-corrected chi connectivity index (χ3v) is 6.10. The second kappa shape index (κ2) is 7.73. The van der Waals surface area contributed by atoms with Crippen molar-refractivity contribution in [1.82, 2.24) is 14.1 Å². The van der Waals surface area contributed by atoms with Crippen LogP contribution >= 0.6 is 0 Å². The average Bonchev–Trinajstić information content (AvgIpc) is 2.77. The number of aromatic nitrogens is 3. The monoisotopic (exact) mass is 438 g/mol. The minimum atomic E-state index is -3.97. The number of pyridine rings is 1. The van der Waals surface area contributed by atoms with Crippen LogP contribution in [-0.2, 0) is 24.1 Å². The Balaban J connectivity index is 1.62. The molecule has 0 spiro atoms. The van der Waals surface area contributed by atoms with Crippen LogP contribution in [0.3, 0.4) is 0 Å². The molecule has 0 bridgehead atoms. The Bertz CT molecular complexity index is 1490. The number of hydrogen-bond acceptors (Lipinski definition) is 6. The van der Waals surface area contributed by atoms with Crippen LogP contribution in [0, 0.1) is 0 Å². The number of hydrogen-bond donors (Lipinski definition) is 1. The molecule has 4 aromatic rings. The molecule has 0 atom stereocenters. The minimum absolute atomic E-state index is 0.0913. The van der Waals surface area contributed by atoms with Gasteiger partial charge in [0.25, 0.3) is 15.6 Å². The fourth-order valence-corrected chi connectivity index (χ4v) is 4.17. The summed E-state index contributed by atoms with van der Waals surface area (Å²) in [6.07, 6.45) is 3.20. The van der Waals surface area contributed by atoms with Crippen molar-refractivity contribution in [3.8, 4) is 11.5 Å². The highest BCUT2D eigenvalue weighted by Gasteiger charge is 2.17. The maximum atomic E-state index is 12.8. The molecule has 0 amide bonds. The number of nitrogens with one attached hydrogen (secondary N) is 1. The third kappa shape index (κ3) is 3.92. The number of anilines is 1. The molecule has 0 aliphatic rings. The summed E-state index contributed by atoms with van der Waals surface area (Å²) >= 11 is 0. The van der Waals surface area contributed by atoms with Gasteiger partial charge in [-0.2, -0.15) is 0 Å². The van der Waals surface area contributed by atoms with Crippen LogP contribution in [0.25, 0.3) is 10.9 Å². The van der Waals surface area contributed by atoms with Gasteiger partial charge in [-0.25, -0.2) is 13.2 Å². The smallest absolute Gasteiger partial charge is 0.330 e. The molecule has 0 saturated heterocycles. The molecule has 0 saturated carbocycles. The van der Waals surface area contributed by atoms with Gasteiger partial charge in [0.2, 0.25) is 0 Å². The van der Waals surface area contributed by atoms with Crippen molar-refractivity contribution in [1.29, 1.82) is 0 Å². The van der Waals surface area contributed by atoms with Gasteiger partial charge in [-0.1, -0.05) is 0 Å². The predicted octanol–water partition coefficient (Wildman–Crippen LogP) is 2.23. The highest BCUT2D eigenvalue weighted by Crippen LogP contribution is 2.24. The zero-order valence-corrected chi connectivity index (χ0v) is 17.5. The highest BCUT2D eigenvalue weighted by molar-refractivity contribution is 7.92. The Morgan fingerprint density at radius 3 is 2.35 bits per heavy atom. The lowest BCUT2D eigenvalue weighted by Gasteiger charge is -2.11. The normalized spacial score (nSPS) is 11.4. The van der Waals surface area contributed by atoms with Crippen LogP contribution in [-0.4, -0.2) is 22.5 Å². The molecule has 0 aliphatic heterocycles. The van der Waals surface area contributed by atoms with E-state index < -0.39 is 21.3 Å². The summed E-state index contributed by atoms with van der Waals surface area (Å²) in [5, 5.41) is 0.132. The number of nitrogens with zero attached hydrogens (tertiary/aromatic N) is 3. The molecule has 2 aromatic heterocycles. The molecule has 10 heteroatoms. The van der Waals surface area contributed by atoms with E-state index in [1.54, 1.807) is 48.8 Å². The fraction of sp³-hybridized carbons (Fsp3) is 0.0952. The van der Waals surface area contributed by atoms with E-state index in [0.717, 1.165) is 4.57 Å². The van der Waals surface area contributed by atoms with Gasteiger partial charge < -0.3 is 4.74 Å². The molecule has 31 heavy (non-hydrogen) atoms. The third-order valence-electron chi connectivity index (χ3n) is 4.73. The van der Waals surface area contributed by atoms with Gasteiger partial charge in [0, 0.05) is 26.0 Å². The molecular weight excluding hydrogens is 420 g/mol. The van der Waals surface area contributed by atoms with E-state index in [-0.39, 0.29) is 10.3 Å². The Hall–Kier alpha value is -3.92. The number of ether oxygens (including phenoxy) is 1. The Morgan fingerprint density at radius 2 is 1.68 bits per heavy atom. The summed E-state index contributed by atoms with van der Waals surface area (Å²) in [7, 11) is -1.10. The van der Waals surface area contributed by atoms with Crippen molar-refractivity contribution in [3.63, 3.8) is 0 Å². The molecule has 4 rings (SSSR count). The molecule has 0 radical (unpaired) electrons. The van der Waals surface area contributed by atoms with Crippen LogP contribution < -0.4 is 20.7 Å². The number of aryl methyl sites for hydroxylation is 1. The van der Waals surface area contributed by atoms with Gasteiger partial charge in [-0.15, -0.1) is 0 Å². The summed E-state index contributed by atoms with van der Waals surface area (Å²) in [6.45, 7) is 0. The quantitative estimate of drug-likeness (QED) is 0.511. The summed E-state index contributed by atoms with van der Waals surface area (Å²) in [5.74, 6) is 1.08. The number of rotatable bonds is 5. The SMILES string of the molecule is Cn1c(=O)c2cc(S(=O)(=O)Nc3ccc(Oc4cccnc4)cc3)ccc2n(C)c1=O. The topological polar surface area (TPSA) is 112 Å². The zero-order chi connectivity index (χ0) is 22.2. The lowest BCUT2D eigenvalue weighted by Crippen LogP contribution is -2.37. The van der Waals surface area contributed by atoms with Crippen LogP contribution in [0.15, 0.2) is 81.5 Å². The molecular formula is C21H18N4O5S. The molecule has 2 aromatic carbocycles. The lowest BCUT2D eigenvalue weighted by molar-refractivity contribution is 0.480. The largest absolute Gasteiger partial charge is 0.456 e. The first kappa shape index (κ1) is 20.4. The summed E-state index contributed by atoms with van der Waals surface area (Å²) in [5.41, 5.74) is -0.372. The van der Waals surface area contributed by atoms with Gasteiger partial charge in [0.1, 0.15) is 11.5 Å². The summed E-state index contributed by atoms with van der Waals surface area (Å²) in [6, 6.07) is 13.9. The van der Waals surface area contributed by atoms with E-state index in [0.29, 0.717) is 22.7 Å². The number of benzene rings is 2. The van der Waals surface area contributed by atoms with Crippen LogP contribution in [0.5, 0.6) is 11.5 Å². The molecule has 2 heterocycles. The van der Waals surface area contributed by atoms with Crippen molar-refractivity contribution in [2.24, 2.45) is 14.1 Å². The summed E-state index contributed by atoms with van der Waals surface area (Å²) in [4.78, 5) is 28.4. The van der Waals surface area contributed by atoms with E-state index in [9.17, 15) is 18.0 Å². The first-order valence-electron chi connectivity index (χ1n) is 9.17. The molecule has 0 fully saturated rings. The van der Waals surface area contributed by atoms with E-state index in [1.165, 1.54) is 36.9 Å². The second-order valence-electron chi connectivity index (χ2n) is 6.81. The van der Waals surface area contributed by atoms with Crippen molar-refractivity contribution < 1.29 is 13.2 Å². The van der Waals surface area contributed by atoms with Crippen LogP contribution in [0.1, 0.15) is 0 Å². The highest BCUT2D eigenvalue weighted by atomic mass is 32.2. The molecule has 0 unspecified atom stereocenters. The van der Waals surface area contributed by atoms with Gasteiger partial charge >= 0.3 is 5.69 Å². The Kier molecular flexibility index (Phi) is 5.07. The molecule has 1 N–H and O–H groups in total. The number of fused-ring (bicyclic) bond motifs is 1. The van der Waals surface area contributed by atoms with E-state index in [2.05, 4.69) is 9.71 Å². The first-order valence-corrected chi connectivity index (χ1v) is 10.6. The van der Waals surface area contributed by atoms with E-state index in [4.69, 9.17) is 4.74 Å². The van der Waals surface area contributed by atoms with Crippen molar-refractivity contribution in [2.45, 2.75) is 4.90 Å². The summed E-state index contributed by atoms with van der Waals surface area (Å²) < 4.78 is 36.0. The van der Waals surface area contributed by atoms with E-state index in [1.807, 2.05) is 0 Å². The standard InChI is InChI=1S/C21H18N4O5S/c1-24-19-10-9-17(12-18(19)20(26)25(2)21(24)27)31(28,29)23-14-5-7-15(8-6-14)30-16-4-3-11-22-13-16/h3-13,23H,1-2H3. The lowest BCUT2D eigenvalue weighted by atomic mass is 10.2. The van der Waals surface area contributed by atoms with Crippen LogP contribution in [0.2, 0.25) is 0 Å². The van der Waals surface area contributed by atoms with Gasteiger partial charge in [-0.05, 0) is 54.6 Å².